The number of aromatic hydroxyl groups is 1. The van der Waals surface area contributed by atoms with E-state index in [-0.39, 0.29) is 5.75 Å². The lowest BCUT2D eigenvalue weighted by Gasteiger charge is -2.10. The standard InChI is InChI=1S/C14H14O3/c1-16-11-8-6-10(7-9-11)12-4-3-5-13(15)14(12)17-2/h3-9,15H,1-2H3. The lowest BCUT2D eigenvalue weighted by Crippen LogP contribution is -1.89. The summed E-state index contributed by atoms with van der Waals surface area (Å²) in [6, 6.07) is 12.9. The number of hydrogen-bond donors (Lipinski definition) is 1. The van der Waals surface area contributed by atoms with Crippen molar-refractivity contribution in [1.29, 1.82) is 0 Å². The Bertz CT molecular complexity index is 503. The highest BCUT2D eigenvalue weighted by Gasteiger charge is 2.09. The highest BCUT2D eigenvalue weighted by atomic mass is 16.5. The molecular weight excluding hydrogens is 216 g/mol. The molecule has 0 spiro atoms. The van der Waals surface area contributed by atoms with Crippen molar-refractivity contribution >= 4 is 0 Å². The number of phenols is 1. The van der Waals surface area contributed by atoms with Crippen LogP contribution in [0.2, 0.25) is 0 Å². The molecule has 88 valence electrons. The molecule has 0 amide bonds. The zero-order valence-electron chi connectivity index (χ0n) is 9.81. The van der Waals surface area contributed by atoms with Gasteiger partial charge in [-0.05, 0) is 23.8 Å². The van der Waals surface area contributed by atoms with Crippen molar-refractivity contribution in [2.24, 2.45) is 0 Å². The van der Waals surface area contributed by atoms with Gasteiger partial charge in [0, 0.05) is 5.56 Å². The summed E-state index contributed by atoms with van der Waals surface area (Å²) >= 11 is 0. The lowest BCUT2D eigenvalue weighted by atomic mass is 10.0. The highest BCUT2D eigenvalue weighted by molar-refractivity contribution is 5.73. The first-order chi connectivity index (χ1) is 8.26. The van der Waals surface area contributed by atoms with Crippen LogP contribution in [0, 0.1) is 0 Å². The first kappa shape index (κ1) is 11.3. The SMILES string of the molecule is COc1ccc(-c2cccc(O)c2OC)cc1. The third kappa shape index (κ3) is 2.18. The Morgan fingerprint density at radius 3 is 2.18 bits per heavy atom. The van der Waals surface area contributed by atoms with E-state index in [4.69, 9.17) is 9.47 Å². The molecule has 2 aromatic rings. The fourth-order valence-electron chi connectivity index (χ4n) is 1.74. The van der Waals surface area contributed by atoms with Gasteiger partial charge in [0.2, 0.25) is 0 Å². The van der Waals surface area contributed by atoms with Crippen LogP contribution >= 0.6 is 0 Å². The lowest BCUT2D eigenvalue weighted by molar-refractivity contribution is 0.375. The van der Waals surface area contributed by atoms with Crippen LogP contribution in [0.15, 0.2) is 42.5 Å². The van der Waals surface area contributed by atoms with Crippen molar-refractivity contribution in [3.8, 4) is 28.4 Å². The second-order valence-corrected chi connectivity index (χ2v) is 3.59. The van der Waals surface area contributed by atoms with Crippen LogP contribution in [0.5, 0.6) is 17.2 Å². The maximum Gasteiger partial charge on any atom is 0.168 e. The number of phenolic OH excluding ortho intramolecular Hbond substituents is 1. The van der Waals surface area contributed by atoms with Crippen molar-refractivity contribution in [2.45, 2.75) is 0 Å². The second kappa shape index (κ2) is 4.78. The van der Waals surface area contributed by atoms with Gasteiger partial charge in [-0.25, -0.2) is 0 Å². The van der Waals surface area contributed by atoms with Gasteiger partial charge in [-0.3, -0.25) is 0 Å². The van der Waals surface area contributed by atoms with E-state index >= 15 is 0 Å². The molecule has 0 saturated carbocycles. The molecule has 3 heteroatoms. The van der Waals surface area contributed by atoms with E-state index in [2.05, 4.69) is 0 Å². The molecule has 0 aliphatic rings. The van der Waals surface area contributed by atoms with Gasteiger partial charge in [0.15, 0.2) is 11.5 Å². The molecule has 0 heterocycles. The van der Waals surface area contributed by atoms with Crippen molar-refractivity contribution in [3.05, 3.63) is 42.5 Å². The first-order valence-electron chi connectivity index (χ1n) is 5.26. The topological polar surface area (TPSA) is 38.7 Å². The summed E-state index contributed by atoms with van der Waals surface area (Å²) in [5.74, 6) is 1.42. The summed E-state index contributed by atoms with van der Waals surface area (Å²) in [5, 5.41) is 9.70. The number of ether oxygens (including phenoxy) is 2. The summed E-state index contributed by atoms with van der Waals surface area (Å²) in [7, 11) is 3.17. The molecule has 0 atom stereocenters. The summed E-state index contributed by atoms with van der Waals surface area (Å²) in [5.41, 5.74) is 1.83. The first-order valence-corrected chi connectivity index (χ1v) is 5.26. The Kier molecular flexibility index (Phi) is 3.19. The molecule has 0 fully saturated rings. The van der Waals surface area contributed by atoms with Crippen LogP contribution in [0.4, 0.5) is 0 Å². The molecule has 0 saturated heterocycles. The van der Waals surface area contributed by atoms with Crippen molar-refractivity contribution in [3.63, 3.8) is 0 Å². The molecule has 3 nitrogen and oxygen atoms in total. The molecule has 17 heavy (non-hydrogen) atoms. The maximum atomic E-state index is 9.70. The number of rotatable bonds is 3. The zero-order chi connectivity index (χ0) is 12.3. The molecule has 0 aliphatic heterocycles. The van der Waals surface area contributed by atoms with Gasteiger partial charge in [-0.2, -0.15) is 0 Å². The molecule has 0 aromatic heterocycles. The summed E-state index contributed by atoms with van der Waals surface area (Å²) < 4.78 is 10.3. The van der Waals surface area contributed by atoms with E-state index in [0.29, 0.717) is 5.75 Å². The van der Waals surface area contributed by atoms with Gasteiger partial charge >= 0.3 is 0 Å². The van der Waals surface area contributed by atoms with E-state index < -0.39 is 0 Å². The molecule has 0 radical (unpaired) electrons. The molecule has 1 N–H and O–H groups in total. The smallest absolute Gasteiger partial charge is 0.168 e. The van der Waals surface area contributed by atoms with E-state index in [0.717, 1.165) is 16.9 Å². The van der Waals surface area contributed by atoms with Gasteiger partial charge in [0.1, 0.15) is 5.75 Å². The molecule has 0 aliphatic carbocycles. The average Bonchev–Trinajstić information content (AvgIpc) is 2.38. The zero-order valence-corrected chi connectivity index (χ0v) is 9.81. The Labute approximate surface area is 100 Å². The van der Waals surface area contributed by atoms with Crippen molar-refractivity contribution in [2.75, 3.05) is 14.2 Å². The second-order valence-electron chi connectivity index (χ2n) is 3.59. The Hall–Kier alpha value is -2.16. The molecule has 2 rings (SSSR count). The summed E-state index contributed by atoms with van der Waals surface area (Å²) in [6.45, 7) is 0. The summed E-state index contributed by atoms with van der Waals surface area (Å²) in [4.78, 5) is 0. The van der Waals surface area contributed by atoms with E-state index in [1.54, 1.807) is 26.4 Å². The van der Waals surface area contributed by atoms with Crippen LogP contribution in [0.25, 0.3) is 11.1 Å². The molecule has 2 aromatic carbocycles. The van der Waals surface area contributed by atoms with Crippen LogP contribution < -0.4 is 9.47 Å². The normalized spacial score (nSPS) is 10.0. The number of benzene rings is 2. The predicted molar refractivity (Wildman–Crippen MR) is 66.6 cm³/mol. The van der Waals surface area contributed by atoms with Crippen LogP contribution in [-0.4, -0.2) is 19.3 Å². The number of hydrogen-bond acceptors (Lipinski definition) is 3. The predicted octanol–water partition coefficient (Wildman–Crippen LogP) is 3.08. The highest BCUT2D eigenvalue weighted by Crippen LogP contribution is 2.37. The summed E-state index contributed by atoms with van der Waals surface area (Å²) in [6.07, 6.45) is 0. The van der Waals surface area contributed by atoms with E-state index in [1.165, 1.54) is 0 Å². The van der Waals surface area contributed by atoms with Crippen LogP contribution in [0.1, 0.15) is 0 Å². The minimum Gasteiger partial charge on any atom is -0.504 e. The molecule has 0 unspecified atom stereocenters. The number of methoxy groups -OCH3 is 2. The molecular formula is C14H14O3. The van der Waals surface area contributed by atoms with Crippen LogP contribution in [0.3, 0.4) is 0 Å². The van der Waals surface area contributed by atoms with Gasteiger partial charge in [-0.1, -0.05) is 24.3 Å². The Morgan fingerprint density at radius 1 is 0.882 bits per heavy atom. The minimum absolute atomic E-state index is 0.140. The van der Waals surface area contributed by atoms with Gasteiger partial charge in [0.05, 0.1) is 14.2 Å². The minimum atomic E-state index is 0.140. The molecule has 0 bridgehead atoms. The average molecular weight is 230 g/mol. The van der Waals surface area contributed by atoms with Gasteiger partial charge < -0.3 is 14.6 Å². The quantitative estimate of drug-likeness (QED) is 0.880. The fourth-order valence-corrected chi connectivity index (χ4v) is 1.74. The van der Waals surface area contributed by atoms with Gasteiger partial charge in [0.25, 0.3) is 0 Å². The monoisotopic (exact) mass is 230 g/mol. The Morgan fingerprint density at radius 2 is 1.59 bits per heavy atom. The van der Waals surface area contributed by atoms with Crippen molar-refractivity contribution in [1.82, 2.24) is 0 Å². The van der Waals surface area contributed by atoms with Crippen molar-refractivity contribution < 1.29 is 14.6 Å². The van der Waals surface area contributed by atoms with E-state index in [1.807, 2.05) is 30.3 Å². The third-order valence-electron chi connectivity index (χ3n) is 2.60. The maximum absolute atomic E-state index is 9.70. The number of para-hydroxylation sites is 1. The third-order valence-corrected chi connectivity index (χ3v) is 2.60. The van der Waals surface area contributed by atoms with E-state index in [9.17, 15) is 5.11 Å². The largest absolute Gasteiger partial charge is 0.504 e. The fraction of sp³-hybridized carbons (Fsp3) is 0.143. The van der Waals surface area contributed by atoms with Gasteiger partial charge in [-0.15, -0.1) is 0 Å². The van der Waals surface area contributed by atoms with Crippen LogP contribution in [-0.2, 0) is 0 Å². The Balaban J connectivity index is 2.48.